The molecule has 258 valence electrons. The minimum absolute atomic E-state index is 0.00230. The summed E-state index contributed by atoms with van der Waals surface area (Å²) in [5.41, 5.74) is -3.04. The average molecular weight is 669 g/mol. The number of phenols is 2. The summed E-state index contributed by atoms with van der Waals surface area (Å²) >= 11 is 0. The molecule has 0 bridgehead atoms. The van der Waals surface area contributed by atoms with Crippen molar-refractivity contribution in [3.05, 3.63) is 51.6 Å². The van der Waals surface area contributed by atoms with Crippen LogP contribution in [0.4, 0.5) is 0 Å². The van der Waals surface area contributed by atoms with Gasteiger partial charge in [-0.05, 0) is 26.8 Å². The lowest BCUT2D eigenvalue weighted by molar-refractivity contribution is -0.256. The lowest BCUT2D eigenvalue weighted by Gasteiger charge is -2.43. The molecule has 3 saturated heterocycles. The minimum atomic E-state index is -2.11. The fourth-order valence-corrected chi connectivity index (χ4v) is 7.90. The number of benzene rings is 2. The van der Waals surface area contributed by atoms with Crippen LogP contribution in [0.3, 0.4) is 0 Å². The Morgan fingerprint density at radius 2 is 1.83 bits per heavy atom. The number of aromatic hydroxyl groups is 2. The van der Waals surface area contributed by atoms with Crippen LogP contribution in [0.1, 0.15) is 82.7 Å². The molecule has 4 N–H and O–H groups in total. The lowest BCUT2D eigenvalue weighted by atomic mass is 9.72. The highest BCUT2D eigenvalue weighted by Gasteiger charge is 2.55. The third kappa shape index (κ3) is 5.00. The fraction of sp³-hybridized carbons (Fsp3) is 0.559. The van der Waals surface area contributed by atoms with Gasteiger partial charge in [0.25, 0.3) is 5.91 Å². The monoisotopic (exact) mass is 668 g/mol. The number of carbonyl (C=O) groups is 3. The van der Waals surface area contributed by atoms with E-state index in [4.69, 9.17) is 28.4 Å². The molecular weight excluding hydrogens is 628 g/mol. The molecule has 0 saturated carbocycles. The Labute approximate surface area is 276 Å². The van der Waals surface area contributed by atoms with E-state index in [1.54, 1.807) is 27.0 Å². The highest BCUT2D eigenvalue weighted by atomic mass is 16.7. The smallest absolute Gasteiger partial charge is 0.252 e. The summed E-state index contributed by atoms with van der Waals surface area (Å²) in [6, 6.07) is 4.04. The van der Waals surface area contributed by atoms with E-state index < -0.39 is 83.1 Å². The van der Waals surface area contributed by atoms with Gasteiger partial charge in [0.2, 0.25) is 5.78 Å². The first-order valence-electron chi connectivity index (χ1n) is 16.1. The van der Waals surface area contributed by atoms with E-state index >= 15 is 0 Å². The van der Waals surface area contributed by atoms with Gasteiger partial charge < -0.3 is 49.1 Å². The molecule has 0 radical (unpaired) electrons. The van der Waals surface area contributed by atoms with Gasteiger partial charge >= 0.3 is 0 Å². The fourth-order valence-electron chi connectivity index (χ4n) is 7.90. The van der Waals surface area contributed by atoms with Gasteiger partial charge in [0, 0.05) is 61.7 Å². The zero-order valence-corrected chi connectivity index (χ0v) is 27.3. The number of ketones is 2. The van der Waals surface area contributed by atoms with Crippen molar-refractivity contribution in [2.24, 2.45) is 0 Å². The summed E-state index contributed by atoms with van der Waals surface area (Å²) in [5, 5.41) is 38.2. The first-order chi connectivity index (χ1) is 22.9. The molecule has 2 unspecified atom stereocenters. The van der Waals surface area contributed by atoms with Crippen molar-refractivity contribution in [2.45, 2.75) is 94.8 Å². The number of phenolic OH excluding ortho intramolecular Hbond substituents is 2. The number of nitrogens with one attached hydrogen (secondary N) is 1. The Kier molecular flexibility index (Phi) is 8.26. The third-order valence-electron chi connectivity index (χ3n) is 10.0. The van der Waals surface area contributed by atoms with Gasteiger partial charge in [-0.1, -0.05) is 12.1 Å². The van der Waals surface area contributed by atoms with Crippen molar-refractivity contribution in [2.75, 3.05) is 27.4 Å². The number of carbonyl (C=O) groups excluding carboxylic acids is 3. The number of hydrogen-bond donors (Lipinski definition) is 4. The normalized spacial score (nSPS) is 32.6. The number of amides is 1. The van der Waals surface area contributed by atoms with Crippen LogP contribution in [0.15, 0.2) is 18.2 Å². The Bertz CT molecular complexity index is 1680. The predicted octanol–water partition coefficient (Wildman–Crippen LogP) is 1.67. The van der Waals surface area contributed by atoms with E-state index in [1.807, 2.05) is 6.92 Å². The van der Waals surface area contributed by atoms with Crippen molar-refractivity contribution >= 4 is 17.5 Å². The second-order valence-electron chi connectivity index (χ2n) is 13.3. The number of hydrogen-bond acceptors (Lipinski definition) is 13. The van der Waals surface area contributed by atoms with Crippen LogP contribution in [0.2, 0.25) is 0 Å². The second kappa shape index (κ2) is 12.1. The van der Waals surface area contributed by atoms with E-state index in [2.05, 4.69) is 10.2 Å². The predicted molar refractivity (Wildman–Crippen MR) is 165 cm³/mol. The lowest BCUT2D eigenvalue weighted by Crippen LogP contribution is -2.55. The first kappa shape index (κ1) is 32.9. The largest absolute Gasteiger partial charge is 0.507 e. The molecule has 5 aliphatic rings. The van der Waals surface area contributed by atoms with Crippen molar-refractivity contribution in [1.29, 1.82) is 0 Å². The zero-order chi connectivity index (χ0) is 34.2. The molecule has 3 heterocycles. The van der Waals surface area contributed by atoms with Gasteiger partial charge in [-0.15, -0.1) is 0 Å². The van der Waals surface area contributed by atoms with Crippen LogP contribution in [-0.2, 0) is 34.9 Å². The molecule has 3 fully saturated rings. The number of morpholine rings is 1. The molecule has 2 aromatic carbocycles. The molecule has 1 amide bonds. The standard InChI is InChI=1S/C34H40N2O12/c1-14(2)35-33(41)34(42)12-17-23(29(40)25-24(27(17)38)26(37)16-7-6-8-19(43-4)22(16)28(25)39)20(13-34)47-21-11-18-30(15(3)46-21)48-31-32(44-5)45-10-9-36(18)31/h6-8,14-15,18,20-21,30-32,38,40,42H,9-13H2,1-5H3,(H,35,41)/t15-,18?,20-,21-,30?,31+,32-,34-/m0/s1. The number of aliphatic hydroxyl groups is 1. The maximum atomic E-state index is 14.0. The zero-order valence-electron chi connectivity index (χ0n) is 27.3. The first-order valence-corrected chi connectivity index (χ1v) is 16.1. The van der Waals surface area contributed by atoms with E-state index in [1.165, 1.54) is 19.2 Å². The van der Waals surface area contributed by atoms with Gasteiger partial charge in [0.15, 0.2) is 24.6 Å². The van der Waals surface area contributed by atoms with Crippen LogP contribution in [0, 0.1) is 0 Å². The average Bonchev–Trinajstić information content (AvgIpc) is 3.43. The topological polar surface area (TPSA) is 183 Å². The minimum Gasteiger partial charge on any atom is -0.507 e. The van der Waals surface area contributed by atoms with E-state index in [-0.39, 0.29) is 52.6 Å². The number of methoxy groups -OCH3 is 2. The number of nitrogens with zero attached hydrogens (tertiary/aromatic N) is 1. The van der Waals surface area contributed by atoms with Crippen molar-refractivity contribution in [1.82, 2.24) is 10.2 Å². The quantitative estimate of drug-likeness (QED) is 0.279. The van der Waals surface area contributed by atoms with Gasteiger partial charge in [0.1, 0.15) is 29.0 Å². The SMILES string of the molecule is COc1cccc2c1C(=O)c1c(O)c3c(c(O)c1C2=O)C[C@@](O)(C(=O)NC(C)C)C[C@@H]3O[C@H]1CC2C(O[C@@H]3[C@@H](OC)OCCN23)[C@H](C)O1. The molecular formula is C34H40N2O12. The Balaban J connectivity index is 1.30. The van der Waals surface area contributed by atoms with Gasteiger partial charge in [0.05, 0.1) is 42.6 Å². The van der Waals surface area contributed by atoms with E-state index in [0.717, 1.165) is 0 Å². The van der Waals surface area contributed by atoms with Gasteiger partial charge in [-0.25, -0.2) is 0 Å². The molecule has 2 aromatic rings. The Morgan fingerprint density at radius 3 is 2.54 bits per heavy atom. The molecule has 0 aromatic heterocycles. The summed E-state index contributed by atoms with van der Waals surface area (Å²) in [6.07, 6.45) is -4.39. The number of ether oxygens (including phenoxy) is 6. The Morgan fingerprint density at radius 1 is 1.08 bits per heavy atom. The van der Waals surface area contributed by atoms with Crippen molar-refractivity contribution < 1.29 is 58.1 Å². The maximum absolute atomic E-state index is 14.0. The van der Waals surface area contributed by atoms with Crippen molar-refractivity contribution in [3.63, 3.8) is 0 Å². The van der Waals surface area contributed by atoms with E-state index in [9.17, 15) is 29.7 Å². The molecule has 3 aliphatic heterocycles. The Hall–Kier alpha value is -3.63. The van der Waals surface area contributed by atoms with Crippen LogP contribution in [0.5, 0.6) is 17.2 Å². The second-order valence-corrected chi connectivity index (χ2v) is 13.3. The molecule has 48 heavy (non-hydrogen) atoms. The molecule has 0 spiro atoms. The summed E-state index contributed by atoms with van der Waals surface area (Å²) in [6.45, 7) is 6.37. The number of rotatable bonds is 6. The van der Waals surface area contributed by atoms with E-state index in [0.29, 0.717) is 19.6 Å². The molecule has 7 rings (SSSR count). The third-order valence-corrected chi connectivity index (χ3v) is 10.0. The maximum Gasteiger partial charge on any atom is 0.252 e. The van der Waals surface area contributed by atoms with Crippen LogP contribution >= 0.6 is 0 Å². The molecule has 2 aliphatic carbocycles. The summed E-state index contributed by atoms with van der Waals surface area (Å²) in [4.78, 5) is 43.4. The highest BCUT2D eigenvalue weighted by Crippen LogP contribution is 2.53. The van der Waals surface area contributed by atoms with Crippen LogP contribution in [-0.4, -0.2) is 114 Å². The highest BCUT2D eigenvalue weighted by molar-refractivity contribution is 6.31. The van der Waals surface area contributed by atoms with Gasteiger partial charge in [-0.2, -0.15) is 0 Å². The molecule has 8 atom stereocenters. The van der Waals surface area contributed by atoms with Crippen molar-refractivity contribution in [3.8, 4) is 17.2 Å². The van der Waals surface area contributed by atoms with Crippen LogP contribution in [0.25, 0.3) is 0 Å². The summed E-state index contributed by atoms with van der Waals surface area (Å²) in [7, 11) is 2.91. The summed E-state index contributed by atoms with van der Waals surface area (Å²) < 4.78 is 35.7. The van der Waals surface area contributed by atoms with Crippen LogP contribution < -0.4 is 10.1 Å². The van der Waals surface area contributed by atoms with Gasteiger partial charge in [-0.3, -0.25) is 19.3 Å². The molecule has 14 nitrogen and oxygen atoms in total. The number of fused-ring (bicyclic) bond motifs is 6. The summed E-state index contributed by atoms with van der Waals surface area (Å²) in [5.74, 6) is -3.20. The molecule has 14 heteroatoms.